The van der Waals surface area contributed by atoms with Gasteiger partial charge in [0.15, 0.2) is 5.82 Å². The summed E-state index contributed by atoms with van der Waals surface area (Å²) < 4.78 is 64.5. The second-order valence-corrected chi connectivity index (χ2v) is 8.76. The number of nitriles is 1. The Morgan fingerprint density at radius 3 is 2.03 bits per heavy atom. The van der Waals surface area contributed by atoms with E-state index in [0.29, 0.717) is 6.07 Å². The molecule has 0 aliphatic carbocycles. The first-order valence-corrected chi connectivity index (χ1v) is 11.5. The monoisotopic (exact) mass is 486 g/mol. The van der Waals surface area contributed by atoms with E-state index in [-0.39, 0.29) is 49.2 Å². The molecule has 172 valence electrons. The van der Waals surface area contributed by atoms with Crippen molar-refractivity contribution in [2.45, 2.75) is 9.79 Å². The molecule has 16 heteroatoms. The second kappa shape index (κ2) is 10.4. The van der Waals surface area contributed by atoms with E-state index in [1.54, 1.807) is 0 Å². The van der Waals surface area contributed by atoms with E-state index in [1.165, 1.54) is 6.07 Å². The predicted molar refractivity (Wildman–Crippen MR) is 110 cm³/mol. The van der Waals surface area contributed by atoms with Gasteiger partial charge >= 0.3 is 0 Å². The van der Waals surface area contributed by atoms with E-state index in [4.69, 9.17) is 10.2 Å². The van der Waals surface area contributed by atoms with E-state index < -0.39 is 35.7 Å². The zero-order valence-electron chi connectivity index (χ0n) is 16.2. The first-order valence-electron chi connectivity index (χ1n) is 8.66. The predicted octanol–water partition coefficient (Wildman–Crippen LogP) is 0.670. The quantitative estimate of drug-likeness (QED) is 0.201. The lowest BCUT2D eigenvalue weighted by Gasteiger charge is -2.12. The molecule has 0 amide bonds. The van der Waals surface area contributed by atoms with Crippen LogP contribution in [0.1, 0.15) is 5.56 Å². The highest BCUT2D eigenvalue weighted by Gasteiger charge is 2.20. The number of aliphatic hydroxyl groups is 2. The van der Waals surface area contributed by atoms with Crippen LogP contribution in [0.15, 0.2) is 44.3 Å². The third kappa shape index (κ3) is 6.40. The minimum absolute atomic E-state index is 0.0105. The van der Waals surface area contributed by atoms with Crippen LogP contribution in [0.3, 0.4) is 0 Å². The summed E-state index contributed by atoms with van der Waals surface area (Å²) in [6, 6.07) is 5.23. The number of nitrogens with zero attached hydrogens (tertiary/aromatic N) is 4. The molecule has 0 atom stereocenters. The molecule has 6 N–H and O–H groups in total. The van der Waals surface area contributed by atoms with Gasteiger partial charge in [0.2, 0.25) is 0 Å². The van der Waals surface area contributed by atoms with E-state index in [0.717, 1.165) is 12.1 Å². The molecule has 1 aromatic heterocycles. The Labute approximate surface area is 182 Å². The van der Waals surface area contributed by atoms with Crippen molar-refractivity contribution in [3.63, 3.8) is 0 Å². The third-order valence-corrected chi connectivity index (χ3v) is 5.45. The smallest absolute Gasteiger partial charge is 0.296 e. The zero-order chi connectivity index (χ0) is 23.9. The number of hydrogen-bond donors (Lipinski definition) is 6. The standard InChI is InChI=1S/C16H18N6O8S2/c17-9-10-7-13(16(19-4-6-24)20-15(10)18-3-5-23)22-21-12-8-11(31(25,26)27)1-2-14(12)32(28,29)30/h1-2,7-8,23-24H,3-6H2,(H2,18,19,20)(H,25,26,27)(H,28,29,30). The molecule has 0 unspecified atom stereocenters. The number of anilines is 2. The minimum Gasteiger partial charge on any atom is -0.395 e. The highest BCUT2D eigenvalue weighted by Crippen LogP contribution is 2.33. The van der Waals surface area contributed by atoms with Crippen molar-refractivity contribution in [1.82, 2.24) is 4.98 Å². The molecule has 0 radical (unpaired) electrons. The maximum atomic E-state index is 11.6. The molecular weight excluding hydrogens is 468 g/mol. The minimum atomic E-state index is -4.83. The molecule has 2 aromatic rings. The second-order valence-electron chi connectivity index (χ2n) is 5.94. The Morgan fingerprint density at radius 1 is 0.906 bits per heavy atom. The highest BCUT2D eigenvalue weighted by atomic mass is 32.2. The van der Waals surface area contributed by atoms with E-state index in [9.17, 15) is 31.2 Å². The van der Waals surface area contributed by atoms with E-state index in [1.807, 2.05) is 6.07 Å². The largest absolute Gasteiger partial charge is 0.395 e. The van der Waals surface area contributed by atoms with Crippen LogP contribution in [-0.4, -0.2) is 67.4 Å². The van der Waals surface area contributed by atoms with Crippen LogP contribution in [0.25, 0.3) is 0 Å². The van der Waals surface area contributed by atoms with Crippen LogP contribution in [0.5, 0.6) is 0 Å². The first-order chi connectivity index (χ1) is 15.0. The fourth-order valence-electron chi connectivity index (χ4n) is 2.34. The molecule has 0 bridgehead atoms. The Kier molecular flexibility index (Phi) is 8.15. The van der Waals surface area contributed by atoms with Crippen LogP contribution < -0.4 is 10.6 Å². The Morgan fingerprint density at radius 2 is 1.50 bits per heavy atom. The van der Waals surface area contributed by atoms with Crippen LogP contribution in [0.2, 0.25) is 0 Å². The van der Waals surface area contributed by atoms with Crippen molar-refractivity contribution in [3.8, 4) is 6.07 Å². The van der Waals surface area contributed by atoms with Crippen LogP contribution >= 0.6 is 0 Å². The maximum Gasteiger partial charge on any atom is 0.296 e. The zero-order valence-corrected chi connectivity index (χ0v) is 17.8. The average molecular weight is 486 g/mol. The third-order valence-electron chi connectivity index (χ3n) is 3.70. The van der Waals surface area contributed by atoms with Crippen molar-refractivity contribution in [2.75, 3.05) is 36.9 Å². The summed E-state index contributed by atoms with van der Waals surface area (Å²) in [7, 11) is -9.55. The molecule has 1 aromatic carbocycles. The summed E-state index contributed by atoms with van der Waals surface area (Å²) in [4.78, 5) is 2.65. The molecule has 1 heterocycles. The number of azo groups is 1. The number of aliphatic hydroxyl groups excluding tert-OH is 2. The molecule has 14 nitrogen and oxygen atoms in total. The summed E-state index contributed by atoms with van der Waals surface area (Å²) in [5, 5.41) is 40.2. The Bertz CT molecular complexity index is 1270. The molecule has 0 fully saturated rings. The highest BCUT2D eigenvalue weighted by molar-refractivity contribution is 7.86. The van der Waals surface area contributed by atoms with Crippen molar-refractivity contribution >= 4 is 43.2 Å². The van der Waals surface area contributed by atoms with Crippen LogP contribution in [0.4, 0.5) is 23.0 Å². The van der Waals surface area contributed by atoms with E-state index >= 15 is 0 Å². The van der Waals surface area contributed by atoms with Gasteiger partial charge in [0, 0.05) is 13.1 Å². The van der Waals surface area contributed by atoms with Crippen molar-refractivity contribution < 1.29 is 36.2 Å². The maximum absolute atomic E-state index is 11.6. The van der Waals surface area contributed by atoms with Gasteiger partial charge in [0.25, 0.3) is 20.2 Å². The number of benzene rings is 1. The van der Waals surface area contributed by atoms with Gasteiger partial charge in [-0.2, -0.15) is 22.1 Å². The lowest BCUT2D eigenvalue weighted by molar-refractivity contribution is 0.311. The molecule has 0 saturated heterocycles. The molecule has 0 aliphatic heterocycles. The SMILES string of the molecule is N#Cc1cc(N=Nc2cc(S(=O)(=O)O)ccc2S(=O)(=O)O)c(NCCO)nc1NCCO. The van der Waals surface area contributed by atoms with Gasteiger partial charge < -0.3 is 20.8 Å². The van der Waals surface area contributed by atoms with Crippen molar-refractivity contribution in [1.29, 1.82) is 5.26 Å². The number of nitrogens with one attached hydrogen (secondary N) is 2. The number of hydrogen-bond acceptors (Lipinski definition) is 12. The summed E-state index contributed by atoms with van der Waals surface area (Å²) in [5.74, 6) is 0.106. The summed E-state index contributed by atoms with van der Waals surface area (Å²) in [6.45, 7) is -0.422. The van der Waals surface area contributed by atoms with E-state index in [2.05, 4.69) is 25.8 Å². The summed E-state index contributed by atoms with van der Waals surface area (Å²) in [6.07, 6.45) is 0. The van der Waals surface area contributed by atoms with Gasteiger partial charge in [-0.1, -0.05) is 0 Å². The van der Waals surface area contributed by atoms with Gasteiger partial charge in [-0.05, 0) is 24.3 Å². The van der Waals surface area contributed by atoms with Crippen LogP contribution in [0, 0.1) is 11.3 Å². The Hall–Kier alpha value is -3.20. The van der Waals surface area contributed by atoms with Crippen LogP contribution in [-0.2, 0) is 20.2 Å². The molecule has 2 rings (SSSR count). The lowest BCUT2D eigenvalue weighted by atomic mass is 10.2. The van der Waals surface area contributed by atoms with Crippen molar-refractivity contribution in [3.05, 3.63) is 29.8 Å². The van der Waals surface area contributed by atoms with Gasteiger partial charge in [0.1, 0.15) is 28.2 Å². The number of aromatic nitrogens is 1. The topological polar surface area (TPSA) is 235 Å². The Balaban J connectivity index is 2.64. The summed E-state index contributed by atoms with van der Waals surface area (Å²) >= 11 is 0. The average Bonchev–Trinajstić information content (AvgIpc) is 2.73. The lowest BCUT2D eigenvalue weighted by Crippen LogP contribution is -2.12. The number of pyridine rings is 1. The fourth-order valence-corrected chi connectivity index (χ4v) is 3.44. The molecule has 32 heavy (non-hydrogen) atoms. The summed E-state index contributed by atoms with van der Waals surface area (Å²) in [5.41, 5.74) is -0.719. The van der Waals surface area contributed by atoms with Gasteiger partial charge in [-0.25, -0.2) is 4.98 Å². The first kappa shape index (κ1) is 25.1. The van der Waals surface area contributed by atoms with Gasteiger partial charge in [-0.15, -0.1) is 10.2 Å². The molecule has 0 aliphatic rings. The molecular formula is C16H18N6O8S2. The number of rotatable bonds is 10. The fraction of sp³-hybridized carbons (Fsp3) is 0.250. The molecule has 0 spiro atoms. The normalized spacial score (nSPS) is 12.0. The van der Waals surface area contributed by atoms with Gasteiger partial charge in [-0.3, -0.25) is 9.11 Å². The molecule has 0 saturated carbocycles. The van der Waals surface area contributed by atoms with Crippen molar-refractivity contribution in [2.24, 2.45) is 10.2 Å². The van der Waals surface area contributed by atoms with Gasteiger partial charge in [0.05, 0.1) is 23.7 Å².